The van der Waals surface area contributed by atoms with E-state index < -0.39 is 5.92 Å². The predicted octanol–water partition coefficient (Wildman–Crippen LogP) is 3.21. The molecular formula is C20H19N3O. The monoisotopic (exact) mass is 317 g/mol. The fourth-order valence-corrected chi connectivity index (χ4v) is 2.82. The summed E-state index contributed by atoms with van der Waals surface area (Å²) in [5.74, 6) is -0.890. The maximum absolute atomic E-state index is 12.3. The van der Waals surface area contributed by atoms with Gasteiger partial charge in [0.15, 0.2) is 0 Å². The third kappa shape index (κ3) is 3.64. The first kappa shape index (κ1) is 15.8. The van der Waals surface area contributed by atoms with Crippen LogP contribution in [0.4, 0.5) is 0 Å². The number of carbonyl (C=O) groups is 1. The maximum Gasteiger partial charge on any atom is 0.237 e. The second kappa shape index (κ2) is 7.47. The Morgan fingerprint density at radius 1 is 1.12 bits per heavy atom. The van der Waals surface area contributed by atoms with Gasteiger partial charge < -0.3 is 10.3 Å². The van der Waals surface area contributed by atoms with Gasteiger partial charge in [0, 0.05) is 23.6 Å². The second-order valence-electron chi connectivity index (χ2n) is 5.77. The van der Waals surface area contributed by atoms with Crippen molar-refractivity contribution in [3.63, 3.8) is 0 Å². The Morgan fingerprint density at radius 2 is 1.88 bits per heavy atom. The molecule has 120 valence electrons. The van der Waals surface area contributed by atoms with Crippen LogP contribution in [0.25, 0.3) is 10.9 Å². The second-order valence-corrected chi connectivity index (χ2v) is 5.77. The number of nitrogens with zero attached hydrogens (tertiary/aromatic N) is 1. The molecule has 3 rings (SSSR count). The molecule has 1 unspecified atom stereocenters. The van der Waals surface area contributed by atoms with Crippen molar-refractivity contribution in [2.75, 3.05) is 6.54 Å². The number of nitrogens with one attached hydrogen (secondary N) is 2. The molecule has 0 fully saturated rings. The molecule has 0 aliphatic rings. The molecule has 4 heteroatoms. The van der Waals surface area contributed by atoms with E-state index in [2.05, 4.69) is 16.4 Å². The lowest BCUT2D eigenvalue weighted by Gasteiger charge is -2.10. The van der Waals surface area contributed by atoms with Crippen LogP contribution in [0.1, 0.15) is 11.1 Å². The number of hydrogen-bond donors (Lipinski definition) is 2. The highest BCUT2D eigenvalue weighted by atomic mass is 16.1. The van der Waals surface area contributed by atoms with E-state index in [0.717, 1.165) is 22.9 Å². The smallest absolute Gasteiger partial charge is 0.237 e. The summed E-state index contributed by atoms with van der Waals surface area (Å²) in [6, 6.07) is 20.0. The fraction of sp³-hybridized carbons (Fsp3) is 0.200. The van der Waals surface area contributed by atoms with Crippen LogP contribution in [0, 0.1) is 17.2 Å². The lowest BCUT2D eigenvalue weighted by molar-refractivity contribution is -0.123. The summed E-state index contributed by atoms with van der Waals surface area (Å²) in [5.41, 5.74) is 3.19. The van der Waals surface area contributed by atoms with E-state index in [9.17, 15) is 10.1 Å². The zero-order chi connectivity index (χ0) is 16.8. The van der Waals surface area contributed by atoms with Crippen molar-refractivity contribution in [3.05, 3.63) is 71.9 Å². The van der Waals surface area contributed by atoms with E-state index in [1.54, 1.807) is 0 Å². The van der Waals surface area contributed by atoms with Gasteiger partial charge in [0.05, 0.1) is 6.07 Å². The highest BCUT2D eigenvalue weighted by molar-refractivity contribution is 5.85. The summed E-state index contributed by atoms with van der Waals surface area (Å²) < 4.78 is 0. The molecule has 0 saturated carbocycles. The molecule has 3 aromatic rings. The van der Waals surface area contributed by atoms with Gasteiger partial charge in [-0.15, -0.1) is 0 Å². The molecule has 24 heavy (non-hydrogen) atoms. The van der Waals surface area contributed by atoms with Gasteiger partial charge in [-0.05, 0) is 30.0 Å². The van der Waals surface area contributed by atoms with E-state index in [4.69, 9.17) is 0 Å². The Balaban J connectivity index is 1.59. The first-order valence-corrected chi connectivity index (χ1v) is 8.04. The van der Waals surface area contributed by atoms with Crippen LogP contribution in [0.5, 0.6) is 0 Å². The van der Waals surface area contributed by atoms with Crippen molar-refractivity contribution in [3.8, 4) is 6.07 Å². The molecule has 0 bridgehead atoms. The molecule has 2 aromatic carbocycles. The van der Waals surface area contributed by atoms with E-state index in [-0.39, 0.29) is 5.91 Å². The number of carbonyl (C=O) groups excluding carboxylic acids is 1. The number of aromatic amines is 1. The van der Waals surface area contributed by atoms with Crippen molar-refractivity contribution >= 4 is 16.8 Å². The Kier molecular flexibility index (Phi) is 4.93. The molecule has 1 amide bonds. The molecule has 0 radical (unpaired) electrons. The molecular weight excluding hydrogens is 298 g/mol. The summed E-state index contributed by atoms with van der Waals surface area (Å²) in [5, 5.41) is 13.3. The lowest BCUT2D eigenvalue weighted by Crippen LogP contribution is -2.32. The topological polar surface area (TPSA) is 68.7 Å². The van der Waals surface area contributed by atoms with E-state index in [0.29, 0.717) is 13.0 Å². The van der Waals surface area contributed by atoms with Gasteiger partial charge in [-0.3, -0.25) is 4.79 Å². The zero-order valence-corrected chi connectivity index (χ0v) is 13.3. The summed E-state index contributed by atoms with van der Waals surface area (Å²) >= 11 is 0. The SMILES string of the molecule is N#CC(Cc1c[nH]c2ccccc12)C(=O)NCCc1ccccc1. The van der Waals surface area contributed by atoms with Crippen LogP contribution in [0.15, 0.2) is 60.8 Å². The summed E-state index contributed by atoms with van der Waals surface area (Å²) in [6.07, 6.45) is 3.06. The minimum Gasteiger partial charge on any atom is -0.361 e. The van der Waals surface area contributed by atoms with E-state index in [1.807, 2.05) is 60.8 Å². The Labute approximate surface area is 141 Å². The minimum atomic E-state index is -0.681. The number of rotatable bonds is 6. The van der Waals surface area contributed by atoms with Crippen molar-refractivity contribution in [1.29, 1.82) is 5.26 Å². The number of benzene rings is 2. The van der Waals surface area contributed by atoms with Gasteiger partial charge in [-0.2, -0.15) is 5.26 Å². The van der Waals surface area contributed by atoms with Crippen LogP contribution in [-0.2, 0) is 17.6 Å². The van der Waals surface area contributed by atoms with Gasteiger partial charge in [0.25, 0.3) is 0 Å². The molecule has 1 aromatic heterocycles. The average molecular weight is 317 g/mol. The molecule has 1 atom stereocenters. The lowest BCUT2D eigenvalue weighted by atomic mass is 9.99. The quantitative estimate of drug-likeness (QED) is 0.733. The average Bonchev–Trinajstić information content (AvgIpc) is 3.03. The number of para-hydroxylation sites is 1. The van der Waals surface area contributed by atoms with E-state index in [1.165, 1.54) is 5.56 Å². The van der Waals surface area contributed by atoms with Crippen LogP contribution >= 0.6 is 0 Å². The fourth-order valence-electron chi connectivity index (χ4n) is 2.82. The summed E-state index contributed by atoms with van der Waals surface area (Å²) in [4.78, 5) is 15.5. The van der Waals surface area contributed by atoms with Gasteiger partial charge >= 0.3 is 0 Å². The molecule has 0 aliphatic carbocycles. The number of hydrogen-bond acceptors (Lipinski definition) is 2. The maximum atomic E-state index is 12.3. The third-order valence-electron chi connectivity index (χ3n) is 4.13. The van der Waals surface area contributed by atoms with Crippen LogP contribution in [0.2, 0.25) is 0 Å². The summed E-state index contributed by atoms with van der Waals surface area (Å²) in [7, 11) is 0. The largest absolute Gasteiger partial charge is 0.361 e. The third-order valence-corrected chi connectivity index (χ3v) is 4.13. The van der Waals surface area contributed by atoms with Crippen molar-refractivity contribution in [2.45, 2.75) is 12.8 Å². The molecule has 1 heterocycles. The van der Waals surface area contributed by atoms with E-state index >= 15 is 0 Å². The molecule has 0 spiro atoms. The van der Waals surface area contributed by atoms with Gasteiger partial charge in [0.2, 0.25) is 5.91 Å². The predicted molar refractivity (Wildman–Crippen MR) is 94.3 cm³/mol. The van der Waals surface area contributed by atoms with Gasteiger partial charge in [-0.1, -0.05) is 48.5 Å². The number of fused-ring (bicyclic) bond motifs is 1. The van der Waals surface area contributed by atoms with Crippen LogP contribution in [-0.4, -0.2) is 17.4 Å². The van der Waals surface area contributed by atoms with Gasteiger partial charge in [0.1, 0.15) is 5.92 Å². The first-order valence-electron chi connectivity index (χ1n) is 8.04. The number of H-pyrrole nitrogens is 1. The van der Waals surface area contributed by atoms with Crippen molar-refractivity contribution < 1.29 is 4.79 Å². The van der Waals surface area contributed by atoms with Crippen molar-refractivity contribution in [2.24, 2.45) is 5.92 Å². The molecule has 0 aliphatic heterocycles. The van der Waals surface area contributed by atoms with Crippen LogP contribution in [0.3, 0.4) is 0 Å². The molecule has 4 nitrogen and oxygen atoms in total. The normalized spacial score (nSPS) is 11.8. The summed E-state index contributed by atoms with van der Waals surface area (Å²) in [6.45, 7) is 0.537. The Morgan fingerprint density at radius 3 is 2.67 bits per heavy atom. The molecule has 2 N–H and O–H groups in total. The Hall–Kier alpha value is -3.06. The van der Waals surface area contributed by atoms with Gasteiger partial charge in [-0.25, -0.2) is 0 Å². The number of aromatic nitrogens is 1. The minimum absolute atomic E-state index is 0.210. The zero-order valence-electron chi connectivity index (χ0n) is 13.3. The first-order chi connectivity index (χ1) is 11.8. The standard InChI is InChI=1S/C20H19N3O/c21-13-16(12-17-14-23-19-9-5-4-8-18(17)19)20(24)22-11-10-15-6-2-1-3-7-15/h1-9,14,16,23H,10-12H2,(H,22,24). The highest BCUT2D eigenvalue weighted by Gasteiger charge is 2.19. The highest BCUT2D eigenvalue weighted by Crippen LogP contribution is 2.20. The van der Waals surface area contributed by atoms with Crippen LogP contribution < -0.4 is 5.32 Å². The Bertz CT molecular complexity index is 861. The molecule has 0 saturated heterocycles. The van der Waals surface area contributed by atoms with Crippen molar-refractivity contribution in [1.82, 2.24) is 10.3 Å². The number of nitriles is 1. The number of amides is 1.